The van der Waals surface area contributed by atoms with Gasteiger partial charge >= 0.3 is 0 Å². The normalized spacial score (nSPS) is 14.4. The first-order valence-corrected chi connectivity index (χ1v) is 12.1. The maximum atomic E-state index is 12.9. The summed E-state index contributed by atoms with van der Waals surface area (Å²) in [6.45, 7) is 3.87. The van der Waals surface area contributed by atoms with Crippen LogP contribution in [0.2, 0.25) is 0 Å². The largest absolute Gasteiger partial charge is 0.492 e. The summed E-state index contributed by atoms with van der Waals surface area (Å²) in [4.78, 5) is 33.9. The van der Waals surface area contributed by atoms with Crippen LogP contribution in [0.1, 0.15) is 18.4 Å². The van der Waals surface area contributed by atoms with Crippen LogP contribution in [0, 0.1) is 0 Å². The van der Waals surface area contributed by atoms with Gasteiger partial charge in [-0.15, -0.1) is 0 Å². The number of likely N-dealkylation sites (N-methyl/N-ethyl adjacent to an activating group) is 1. The van der Waals surface area contributed by atoms with Gasteiger partial charge in [0.1, 0.15) is 18.9 Å². The first kappa shape index (κ1) is 24.5. The van der Waals surface area contributed by atoms with Crippen LogP contribution in [0.3, 0.4) is 0 Å². The highest BCUT2D eigenvalue weighted by Gasteiger charge is 2.21. The maximum absolute atomic E-state index is 12.9. The van der Waals surface area contributed by atoms with Gasteiger partial charge in [0.25, 0.3) is 5.56 Å². The van der Waals surface area contributed by atoms with Crippen LogP contribution in [-0.2, 0) is 17.9 Å². The first-order valence-electron chi connectivity index (χ1n) is 12.1. The summed E-state index contributed by atoms with van der Waals surface area (Å²) >= 11 is 0. The van der Waals surface area contributed by atoms with Crippen molar-refractivity contribution in [3.63, 3.8) is 0 Å². The van der Waals surface area contributed by atoms with Crippen LogP contribution < -0.4 is 15.6 Å². The van der Waals surface area contributed by atoms with Gasteiger partial charge in [-0.3, -0.25) is 14.5 Å². The smallest absolute Gasteiger partial charge is 0.293 e. The van der Waals surface area contributed by atoms with Crippen molar-refractivity contribution in [3.05, 3.63) is 89.0 Å². The van der Waals surface area contributed by atoms with Gasteiger partial charge in [-0.25, -0.2) is 4.98 Å². The molecule has 3 aromatic rings. The molecule has 1 aliphatic heterocycles. The fourth-order valence-electron chi connectivity index (χ4n) is 4.19. The lowest BCUT2D eigenvalue weighted by molar-refractivity contribution is -0.131. The summed E-state index contributed by atoms with van der Waals surface area (Å²) in [5.74, 6) is 1.07. The Morgan fingerprint density at radius 1 is 1.09 bits per heavy atom. The van der Waals surface area contributed by atoms with E-state index in [-0.39, 0.29) is 24.1 Å². The lowest BCUT2D eigenvalue weighted by atomic mass is 10.1. The molecule has 8 heteroatoms. The molecule has 1 N–H and O–H groups in total. The number of amides is 1. The number of piperidine rings is 1. The van der Waals surface area contributed by atoms with Crippen molar-refractivity contribution in [1.82, 2.24) is 19.4 Å². The van der Waals surface area contributed by atoms with Crippen molar-refractivity contribution >= 4 is 11.7 Å². The number of benzene rings is 2. The van der Waals surface area contributed by atoms with E-state index in [1.54, 1.807) is 24.3 Å². The second kappa shape index (κ2) is 12.2. The number of aromatic nitrogens is 2. The molecule has 1 saturated heterocycles. The van der Waals surface area contributed by atoms with Gasteiger partial charge < -0.3 is 19.5 Å². The highest BCUT2D eigenvalue weighted by atomic mass is 16.5. The molecule has 1 aliphatic rings. The number of carbonyl (C=O) groups is 1. The fraction of sp³-hybridized carbons (Fsp3) is 0.370. The molecule has 0 spiro atoms. The summed E-state index contributed by atoms with van der Waals surface area (Å²) in [5.41, 5.74) is 0.776. The van der Waals surface area contributed by atoms with E-state index in [0.29, 0.717) is 19.0 Å². The molecule has 0 saturated carbocycles. The van der Waals surface area contributed by atoms with E-state index in [1.807, 2.05) is 60.7 Å². The van der Waals surface area contributed by atoms with Crippen LogP contribution in [0.15, 0.2) is 77.9 Å². The minimum absolute atomic E-state index is 0.0147. The Morgan fingerprint density at radius 2 is 1.77 bits per heavy atom. The molecule has 184 valence electrons. The molecule has 1 aromatic heterocycles. The van der Waals surface area contributed by atoms with Gasteiger partial charge in [0.2, 0.25) is 5.91 Å². The number of nitrogens with zero attached hydrogens (tertiary/aromatic N) is 4. The Labute approximate surface area is 206 Å². The molecule has 1 amide bonds. The molecule has 1 fully saturated rings. The zero-order valence-electron chi connectivity index (χ0n) is 20.2. The number of likely N-dealkylation sites (tertiary alicyclic amines) is 1. The summed E-state index contributed by atoms with van der Waals surface area (Å²) in [5, 5.41) is 3.31. The summed E-state index contributed by atoms with van der Waals surface area (Å²) < 4.78 is 7.23. The molecule has 0 unspecified atom stereocenters. The van der Waals surface area contributed by atoms with Gasteiger partial charge in [0.15, 0.2) is 5.82 Å². The third-order valence-electron chi connectivity index (χ3n) is 6.26. The second-order valence-corrected chi connectivity index (χ2v) is 8.87. The van der Waals surface area contributed by atoms with Crippen molar-refractivity contribution in [2.75, 3.05) is 38.6 Å². The van der Waals surface area contributed by atoms with E-state index in [2.05, 4.69) is 15.2 Å². The predicted molar refractivity (Wildman–Crippen MR) is 136 cm³/mol. The first-order chi connectivity index (χ1) is 17.1. The zero-order chi connectivity index (χ0) is 24.5. The standard InChI is InChI=1S/C27H33N5O3/c1-30(20-22-8-4-2-5-9-22)25(33)21-32-17-14-28-26(27(32)34)29-23-12-15-31(16-13-23)18-19-35-24-10-6-3-7-11-24/h2-11,14,17,23H,12-13,15-16,18-21H2,1H3,(H,28,29). The number of hydrogen-bond donors (Lipinski definition) is 1. The van der Waals surface area contributed by atoms with Crippen molar-refractivity contribution in [3.8, 4) is 5.75 Å². The number of carbonyl (C=O) groups excluding carboxylic acids is 1. The highest BCUT2D eigenvalue weighted by Crippen LogP contribution is 2.14. The van der Waals surface area contributed by atoms with E-state index in [9.17, 15) is 9.59 Å². The van der Waals surface area contributed by atoms with Crippen molar-refractivity contribution < 1.29 is 9.53 Å². The number of rotatable bonds is 10. The van der Waals surface area contributed by atoms with Gasteiger partial charge in [0, 0.05) is 51.7 Å². The Morgan fingerprint density at radius 3 is 2.49 bits per heavy atom. The van der Waals surface area contributed by atoms with E-state index in [1.165, 1.54) is 4.57 Å². The fourth-order valence-corrected chi connectivity index (χ4v) is 4.19. The molecule has 35 heavy (non-hydrogen) atoms. The van der Waals surface area contributed by atoms with Gasteiger partial charge in [-0.2, -0.15) is 0 Å². The average molecular weight is 476 g/mol. The minimum atomic E-state index is -0.271. The van der Waals surface area contributed by atoms with Gasteiger partial charge in [-0.05, 0) is 30.5 Å². The third-order valence-corrected chi connectivity index (χ3v) is 6.26. The predicted octanol–water partition coefficient (Wildman–Crippen LogP) is 2.86. The molecule has 2 heterocycles. The Balaban J connectivity index is 1.24. The molecule has 0 aliphatic carbocycles. The van der Waals surface area contributed by atoms with E-state index in [4.69, 9.17) is 4.74 Å². The zero-order valence-corrected chi connectivity index (χ0v) is 20.2. The molecule has 0 radical (unpaired) electrons. The molecule has 0 bridgehead atoms. The number of nitrogens with one attached hydrogen (secondary N) is 1. The molecular formula is C27H33N5O3. The minimum Gasteiger partial charge on any atom is -0.492 e. The molecule has 8 nitrogen and oxygen atoms in total. The Hall–Kier alpha value is -3.65. The number of para-hydroxylation sites is 1. The van der Waals surface area contributed by atoms with Gasteiger partial charge in [-0.1, -0.05) is 48.5 Å². The lowest BCUT2D eigenvalue weighted by Crippen LogP contribution is -2.42. The molecule has 2 aromatic carbocycles. The van der Waals surface area contributed by atoms with Crippen LogP contribution in [0.5, 0.6) is 5.75 Å². The quantitative estimate of drug-likeness (QED) is 0.486. The average Bonchev–Trinajstić information content (AvgIpc) is 2.88. The Kier molecular flexibility index (Phi) is 8.51. The van der Waals surface area contributed by atoms with Crippen molar-refractivity contribution in [2.45, 2.75) is 32.0 Å². The second-order valence-electron chi connectivity index (χ2n) is 8.87. The van der Waals surface area contributed by atoms with Gasteiger partial charge in [0.05, 0.1) is 0 Å². The molecule has 0 atom stereocenters. The summed E-state index contributed by atoms with van der Waals surface area (Å²) in [6.07, 6.45) is 4.97. The molecular weight excluding hydrogens is 442 g/mol. The van der Waals surface area contributed by atoms with Crippen LogP contribution in [0.25, 0.3) is 0 Å². The van der Waals surface area contributed by atoms with Crippen molar-refractivity contribution in [2.24, 2.45) is 0 Å². The van der Waals surface area contributed by atoms with Crippen LogP contribution in [0.4, 0.5) is 5.82 Å². The number of hydrogen-bond acceptors (Lipinski definition) is 6. The third kappa shape index (κ3) is 7.16. The summed E-state index contributed by atoms with van der Waals surface area (Å²) in [6, 6.07) is 19.8. The van der Waals surface area contributed by atoms with E-state index >= 15 is 0 Å². The van der Waals surface area contributed by atoms with Crippen LogP contribution >= 0.6 is 0 Å². The molecule has 4 rings (SSSR count). The number of anilines is 1. The monoisotopic (exact) mass is 475 g/mol. The highest BCUT2D eigenvalue weighted by molar-refractivity contribution is 5.75. The maximum Gasteiger partial charge on any atom is 0.293 e. The van der Waals surface area contributed by atoms with Crippen LogP contribution in [-0.4, -0.2) is 64.6 Å². The van der Waals surface area contributed by atoms with E-state index < -0.39 is 0 Å². The SMILES string of the molecule is CN(Cc1ccccc1)C(=O)Cn1ccnc(NC2CCN(CCOc3ccccc3)CC2)c1=O. The Bertz CT molecular complexity index is 1130. The lowest BCUT2D eigenvalue weighted by Gasteiger charge is -2.32. The number of ether oxygens (including phenoxy) is 1. The van der Waals surface area contributed by atoms with E-state index in [0.717, 1.165) is 43.8 Å². The summed E-state index contributed by atoms with van der Waals surface area (Å²) in [7, 11) is 1.75. The van der Waals surface area contributed by atoms with Crippen molar-refractivity contribution in [1.29, 1.82) is 0 Å². The topological polar surface area (TPSA) is 79.7 Å².